The first-order valence-corrected chi connectivity index (χ1v) is 9.46. The lowest BCUT2D eigenvalue weighted by molar-refractivity contribution is 0.102. The van der Waals surface area contributed by atoms with Gasteiger partial charge < -0.3 is 15.0 Å². The summed E-state index contributed by atoms with van der Waals surface area (Å²) in [6, 6.07) is 25.2. The highest BCUT2D eigenvalue weighted by Gasteiger charge is 2.07. The van der Waals surface area contributed by atoms with Gasteiger partial charge in [0.25, 0.3) is 5.91 Å². The number of rotatable bonds is 8. The van der Waals surface area contributed by atoms with Crippen molar-refractivity contribution >= 4 is 11.6 Å². The van der Waals surface area contributed by atoms with Crippen LogP contribution in [0.2, 0.25) is 0 Å². The molecule has 3 rings (SSSR count). The average Bonchev–Trinajstić information content (AvgIpc) is 2.72. The Labute approximate surface area is 166 Å². The van der Waals surface area contributed by atoms with Gasteiger partial charge in [-0.15, -0.1) is 0 Å². The number of hydrogen-bond donors (Lipinski definition) is 1. The molecule has 0 heterocycles. The first kappa shape index (κ1) is 19.6. The normalized spacial score (nSPS) is 10.7. The molecule has 1 amide bonds. The monoisotopic (exact) mass is 374 g/mol. The maximum atomic E-state index is 12.6. The van der Waals surface area contributed by atoms with Crippen molar-refractivity contribution in [1.82, 2.24) is 4.90 Å². The molecular formula is C24H26N2O2. The second-order valence-corrected chi connectivity index (χ2v) is 6.93. The minimum absolute atomic E-state index is 0.135. The summed E-state index contributed by atoms with van der Waals surface area (Å²) >= 11 is 0. The molecule has 0 saturated carbocycles. The lowest BCUT2D eigenvalue weighted by Crippen LogP contribution is -2.15. The molecule has 0 aliphatic rings. The number of benzene rings is 3. The number of carbonyl (C=O) groups excluding carboxylic acids is 1. The highest BCUT2D eigenvalue weighted by atomic mass is 16.5. The molecule has 0 atom stereocenters. The number of amides is 1. The number of anilines is 1. The lowest BCUT2D eigenvalue weighted by atomic mass is 10.0. The van der Waals surface area contributed by atoms with Crippen molar-refractivity contribution in [1.29, 1.82) is 0 Å². The van der Waals surface area contributed by atoms with E-state index < -0.39 is 0 Å². The van der Waals surface area contributed by atoms with Crippen LogP contribution in [0.25, 0.3) is 11.1 Å². The van der Waals surface area contributed by atoms with Crippen LogP contribution in [0.3, 0.4) is 0 Å². The predicted octanol–water partition coefficient (Wildman–Crippen LogP) is 4.94. The molecule has 0 aliphatic carbocycles. The highest BCUT2D eigenvalue weighted by Crippen LogP contribution is 2.21. The second kappa shape index (κ2) is 9.72. The molecule has 0 radical (unpaired) electrons. The molecule has 1 N–H and O–H groups in total. The number of nitrogens with zero attached hydrogens (tertiary/aromatic N) is 1. The highest BCUT2D eigenvalue weighted by molar-refractivity contribution is 6.04. The van der Waals surface area contributed by atoms with Crippen LogP contribution >= 0.6 is 0 Å². The van der Waals surface area contributed by atoms with E-state index >= 15 is 0 Å². The first-order valence-electron chi connectivity index (χ1n) is 9.46. The van der Waals surface area contributed by atoms with Crippen LogP contribution in [0.5, 0.6) is 5.75 Å². The van der Waals surface area contributed by atoms with Gasteiger partial charge in [0.2, 0.25) is 0 Å². The van der Waals surface area contributed by atoms with Crippen LogP contribution < -0.4 is 10.1 Å². The summed E-state index contributed by atoms with van der Waals surface area (Å²) in [6.07, 6.45) is 0.956. The van der Waals surface area contributed by atoms with E-state index in [9.17, 15) is 4.79 Å². The topological polar surface area (TPSA) is 41.6 Å². The summed E-state index contributed by atoms with van der Waals surface area (Å²) in [6.45, 7) is 1.63. The van der Waals surface area contributed by atoms with Crippen molar-refractivity contribution in [2.45, 2.75) is 6.42 Å². The van der Waals surface area contributed by atoms with Crippen LogP contribution in [0, 0.1) is 0 Å². The molecule has 0 saturated heterocycles. The first-order chi connectivity index (χ1) is 13.6. The summed E-state index contributed by atoms with van der Waals surface area (Å²) in [4.78, 5) is 14.7. The second-order valence-electron chi connectivity index (χ2n) is 6.93. The molecular weight excluding hydrogens is 348 g/mol. The van der Waals surface area contributed by atoms with Gasteiger partial charge >= 0.3 is 0 Å². The number of carbonyl (C=O) groups is 1. The Kier molecular flexibility index (Phi) is 6.82. The van der Waals surface area contributed by atoms with Crippen molar-refractivity contribution in [3.8, 4) is 16.9 Å². The van der Waals surface area contributed by atoms with E-state index in [0.29, 0.717) is 12.2 Å². The van der Waals surface area contributed by atoms with E-state index in [2.05, 4.69) is 22.3 Å². The number of ether oxygens (including phenoxy) is 1. The van der Waals surface area contributed by atoms with Crippen molar-refractivity contribution in [2.75, 3.05) is 32.6 Å². The minimum atomic E-state index is -0.135. The van der Waals surface area contributed by atoms with Crippen LogP contribution in [-0.4, -0.2) is 38.1 Å². The van der Waals surface area contributed by atoms with Crippen molar-refractivity contribution < 1.29 is 9.53 Å². The lowest BCUT2D eigenvalue weighted by Gasteiger charge is -2.11. The van der Waals surface area contributed by atoms with Gasteiger partial charge in [-0.3, -0.25) is 4.79 Å². The Hall–Kier alpha value is -3.11. The Balaban J connectivity index is 1.59. The molecule has 0 aliphatic heterocycles. The molecule has 3 aromatic carbocycles. The fourth-order valence-corrected chi connectivity index (χ4v) is 2.88. The van der Waals surface area contributed by atoms with Crippen LogP contribution in [0.15, 0.2) is 78.9 Å². The van der Waals surface area contributed by atoms with E-state index in [1.54, 1.807) is 0 Å². The number of hydrogen-bond acceptors (Lipinski definition) is 3. The van der Waals surface area contributed by atoms with E-state index in [-0.39, 0.29) is 5.91 Å². The summed E-state index contributed by atoms with van der Waals surface area (Å²) in [7, 11) is 4.09. The molecule has 0 spiro atoms. The standard InChI is InChI=1S/C24H26N2O2/c1-26(2)16-7-17-28-23-11-6-10-22(18-23)25-24(27)21-14-12-20(13-15-21)19-8-4-3-5-9-19/h3-6,8-15,18H,7,16-17H2,1-2H3,(H,25,27). The Morgan fingerprint density at radius 1 is 0.893 bits per heavy atom. The van der Waals surface area contributed by atoms with E-state index in [4.69, 9.17) is 4.74 Å². The van der Waals surface area contributed by atoms with Gasteiger partial charge in [0, 0.05) is 23.9 Å². The quantitative estimate of drug-likeness (QED) is 0.568. The molecule has 0 aromatic heterocycles. The Bertz CT molecular complexity index is 890. The maximum Gasteiger partial charge on any atom is 0.255 e. The maximum absolute atomic E-state index is 12.6. The summed E-state index contributed by atoms with van der Waals surface area (Å²) in [5.41, 5.74) is 3.57. The van der Waals surface area contributed by atoms with Gasteiger partial charge in [0.05, 0.1) is 6.61 Å². The molecule has 4 nitrogen and oxygen atoms in total. The van der Waals surface area contributed by atoms with Gasteiger partial charge in [-0.2, -0.15) is 0 Å². The van der Waals surface area contributed by atoms with E-state index in [0.717, 1.165) is 35.5 Å². The summed E-state index contributed by atoms with van der Waals surface area (Å²) < 4.78 is 5.77. The zero-order chi connectivity index (χ0) is 19.8. The van der Waals surface area contributed by atoms with Gasteiger partial charge in [-0.05, 0) is 55.9 Å². The fourth-order valence-electron chi connectivity index (χ4n) is 2.88. The third-order valence-electron chi connectivity index (χ3n) is 4.36. The van der Waals surface area contributed by atoms with E-state index in [1.165, 1.54) is 0 Å². The van der Waals surface area contributed by atoms with Gasteiger partial charge in [0.15, 0.2) is 0 Å². The smallest absolute Gasteiger partial charge is 0.255 e. The number of nitrogens with one attached hydrogen (secondary N) is 1. The molecule has 0 bridgehead atoms. The van der Waals surface area contributed by atoms with Crippen LogP contribution in [-0.2, 0) is 0 Å². The van der Waals surface area contributed by atoms with Gasteiger partial charge in [-0.1, -0.05) is 48.5 Å². The minimum Gasteiger partial charge on any atom is -0.493 e. The van der Waals surface area contributed by atoms with Crippen molar-refractivity contribution in [3.05, 3.63) is 84.4 Å². The molecule has 4 heteroatoms. The molecule has 28 heavy (non-hydrogen) atoms. The van der Waals surface area contributed by atoms with Crippen molar-refractivity contribution in [3.63, 3.8) is 0 Å². The third-order valence-corrected chi connectivity index (χ3v) is 4.36. The largest absolute Gasteiger partial charge is 0.493 e. The van der Waals surface area contributed by atoms with Crippen LogP contribution in [0.4, 0.5) is 5.69 Å². The summed E-state index contributed by atoms with van der Waals surface area (Å²) in [5.74, 6) is 0.625. The molecule has 144 valence electrons. The van der Waals surface area contributed by atoms with Crippen molar-refractivity contribution in [2.24, 2.45) is 0 Å². The Morgan fingerprint density at radius 3 is 2.32 bits per heavy atom. The zero-order valence-electron chi connectivity index (χ0n) is 16.4. The Morgan fingerprint density at radius 2 is 1.61 bits per heavy atom. The summed E-state index contributed by atoms with van der Waals surface area (Å²) in [5, 5.41) is 2.94. The molecule has 0 unspecified atom stereocenters. The average molecular weight is 374 g/mol. The molecule has 0 fully saturated rings. The van der Waals surface area contributed by atoms with Crippen LogP contribution in [0.1, 0.15) is 16.8 Å². The molecule has 3 aromatic rings. The third kappa shape index (κ3) is 5.69. The fraction of sp³-hybridized carbons (Fsp3) is 0.208. The predicted molar refractivity (Wildman–Crippen MR) is 115 cm³/mol. The SMILES string of the molecule is CN(C)CCCOc1cccc(NC(=O)c2ccc(-c3ccccc3)cc2)c1. The van der Waals surface area contributed by atoms with Gasteiger partial charge in [-0.25, -0.2) is 0 Å². The van der Waals surface area contributed by atoms with E-state index in [1.807, 2.05) is 80.8 Å². The zero-order valence-corrected chi connectivity index (χ0v) is 16.4. The van der Waals surface area contributed by atoms with Gasteiger partial charge in [0.1, 0.15) is 5.75 Å².